The molecule has 1 aromatic carbocycles. The Kier molecular flexibility index (Phi) is 4.28. The highest BCUT2D eigenvalue weighted by Crippen LogP contribution is 2.48. The summed E-state index contributed by atoms with van der Waals surface area (Å²) >= 11 is 12.3. The van der Waals surface area contributed by atoms with Gasteiger partial charge in [0.25, 0.3) is 0 Å². The molecule has 1 aliphatic carbocycles. The van der Waals surface area contributed by atoms with E-state index in [-0.39, 0.29) is 11.5 Å². The summed E-state index contributed by atoms with van der Waals surface area (Å²) in [6.45, 7) is 2.16. The van der Waals surface area contributed by atoms with Gasteiger partial charge in [-0.15, -0.1) is 0 Å². The molecule has 1 aromatic rings. The van der Waals surface area contributed by atoms with E-state index in [1.54, 1.807) is 0 Å². The number of hydrogen-bond donors (Lipinski definition) is 2. The minimum Gasteiger partial charge on any atom is -0.393 e. The number of hydrogen-bond acceptors (Lipinski definition) is 2. The third kappa shape index (κ3) is 2.59. The molecule has 2 nitrogen and oxygen atoms in total. The average Bonchev–Trinajstić information content (AvgIpc) is 2.98. The third-order valence-corrected chi connectivity index (χ3v) is 5.92. The van der Waals surface area contributed by atoms with Gasteiger partial charge in [-0.1, -0.05) is 29.3 Å². The zero-order valence-corrected chi connectivity index (χ0v) is 13.1. The molecule has 0 bridgehead atoms. The summed E-state index contributed by atoms with van der Waals surface area (Å²) in [5.74, 6) is 0.632. The van der Waals surface area contributed by atoms with E-state index in [0.29, 0.717) is 16.0 Å². The molecule has 3 rings (SSSR count). The highest BCUT2D eigenvalue weighted by Gasteiger charge is 2.43. The van der Waals surface area contributed by atoms with E-state index >= 15 is 0 Å². The lowest BCUT2D eigenvalue weighted by atomic mass is 9.61. The van der Waals surface area contributed by atoms with Crippen molar-refractivity contribution in [1.29, 1.82) is 0 Å². The molecule has 1 saturated carbocycles. The second-order valence-corrected chi connectivity index (χ2v) is 7.02. The predicted octanol–water partition coefficient (Wildman–Crippen LogP) is 3.78. The van der Waals surface area contributed by atoms with Gasteiger partial charge in [-0.05, 0) is 74.2 Å². The van der Waals surface area contributed by atoms with Crippen LogP contribution in [0.1, 0.15) is 37.7 Å². The lowest BCUT2D eigenvalue weighted by Gasteiger charge is -2.44. The zero-order valence-electron chi connectivity index (χ0n) is 11.5. The SMILES string of the molecule is O[C@H]1CC[C@@](c2ccc(Cl)c(Cl)c2)([C@@H]2CCNC2)CC1. The van der Waals surface area contributed by atoms with Gasteiger partial charge in [-0.3, -0.25) is 0 Å². The van der Waals surface area contributed by atoms with Gasteiger partial charge < -0.3 is 10.4 Å². The first kappa shape index (κ1) is 14.6. The van der Waals surface area contributed by atoms with Crippen LogP contribution in [0, 0.1) is 5.92 Å². The third-order valence-electron chi connectivity index (χ3n) is 5.18. The Morgan fingerprint density at radius 1 is 1.10 bits per heavy atom. The molecule has 0 amide bonds. The Morgan fingerprint density at radius 2 is 1.85 bits per heavy atom. The molecule has 0 spiro atoms. The highest BCUT2D eigenvalue weighted by atomic mass is 35.5. The molecule has 20 heavy (non-hydrogen) atoms. The van der Waals surface area contributed by atoms with E-state index in [2.05, 4.69) is 11.4 Å². The lowest BCUT2D eigenvalue weighted by molar-refractivity contribution is 0.0745. The van der Waals surface area contributed by atoms with Crippen LogP contribution in [0.3, 0.4) is 0 Å². The summed E-state index contributed by atoms with van der Waals surface area (Å²) in [6, 6.07) is 6.08. The van der Waals surface area contributed by atoms with Crippen molar-refractivity contribution in [3.8, 4) is 0 Å². The van der Waals surface area contributed by atoms with Crippen molar-refractivity contribution >= 4 is 23.2 Å². The Morgan fingerprint density at radius 3 is 2.45 bits per heavy atom. The molecule has 2 N–H and O–H groups in total. The molecule has 0 radical (unpaired) electrons. The quantitative estimate of drug-likeness (QED) is 0.871. The van der Waals surface area contributed by atoms with Crippen molar-refractivity contribution in [2.24, 2.45) is 5.92 Å². The van der Waals surface area contributed by atoms with Crippen LogP contribution < -0.4 is 5.32 Å². The van der Waals surface area contributed by atoms with Crippen LogP contribution in [0.2, 0.25) is 10.0 Å². The van der Waals surface area contributed by atoms with Crippen LogP contribution in [0.15, 0.2) is 18.2 Å². The molecule has 2 fully saturated rings. The molecule has 4 heteroatoms. The van der Waals surface area contributed by atoms with E-state index in [9.17, 15) is 5.11 Å². The Balaban J connectivity index is 1.97. The van der Waals surface area contributed by atoms with Crippen LogP contribution in [0.25, 0.3) is 0 Å². The first-order chi connectivity index (χ1) is 9.62. The molecule has 1 atom stereocenters. The molecule has 1 saturated heterocycles. The van der Waals surface area contributed by atoms with Gasteiger partial charge in [-0.2, -0.15) is 0 Å². The fourth-order valence-corrected chi connectivity index (χ4v) is 4.28. The monoisotopic (exact) mass is 313 g/mol. The second-order valence-electron chi connectivity index (χ2n) is 6.21. The van der Waals surface area contributed by atoms with Crippen molar-refractivity contribution in [1.82, 2.24) is 5.32 Å². The number of halogens is 2. The molecule has 0 unspecified atom stereocenters. The van der Waals surface area contributed by atoms with Gasteiger partial charge in [0.05, 0.1) is 16.1 Å². The highest BCUT2D eigenvalue weighted by molar-refractivity contribution is 6.42. The first-order valence-electron chi connectivity index (χ1n) is 7.46. The van der Waals surface area contributed by atoms with Crippen LogP contribution >= 0.6 is 23.2 Å². The summed E-state index contributed by atoms with van der Waals surface area (Å²) < 4.78 is 0. The van der Waals surface area contributed by atoms with Gasteiger partial charge in [0.2, 0.25) is 0 Å². The Labute approximate surface area is 130 Å². The Bertz CT molecular complexity index is 477. The number of rotatable bonds is 2. The van der Waals surface area contributed by atoms with Gasteiger partial charge >= 0.3 is 0 Å². The summed E-state index contributed by atoms with van der Waals surface area (Å²) in [5, 5.41) is 14.6. The minimum atomic E-state index is -0.139. The van der Waals surface area contributed by atoms with E-state index in [0.717, 1.165) is 38.8 Å². The molecule has 2 aliphatic rings. The van der Waals surface area contributed by atoms with Gasteiger partial charge in [0, 0.05) is 0 Å². The van der Waals surface area contributed by atoms with Crippen molar-refractivity contribution < 1.29 is 5.11 Å². The molecule has 1 aliphatic heterocycles. The van der Waals surface area contributed by atoms with Crippen LogP contribution in [-0.4, -0.2) is 24.3 Å². The molecular formula is C16H21Cl2NO. The first-order valence-corrected chi connectivity index (χ1v) is 8.22. The minimum absolute atomic E-state index is 0.139. The van der Waals surface area contributed by atoms with Crippen LogP contribution in [0.5, 0.6) is 0 Å². The fraction of sp³-hybridized carbons (Fsp3) is 0.625. The summed E-state index contributed by atoms with van der Waals surface area (Å²) in [5.41, 5.74) is 1.45. The largest absolute Gasteiger partial charge is 0.393 e. The van der Waals surface area contributed by atoms with Crippen molar-refractivity contribution in [2.75, 3.05) is 13.1 Å². The van der Waals surface area contributed by atoms with Crippen molar-refractivity contribution in [3.63, 3.8) is 0 Å². The normalized spacial score (nSPS) is 34.4. The summed E-state index contributed by atoms with van der Waals surface area (Å²) in [7, 11) is 0. The van der Waals surface area contributed by atoms with Crippen molar-refractivity contribution in [3.05, 3.63) is 33.8 Å². The average molecular weight is 314 g/mol. The smallest absolute Gasteiger partial charge is 0.0595 e. The number of benzene rings is 1. The van der Waals surface area contributed by atoms with E-state index in [1.165, 1.54) is 12.0 Å². The number of aliphatic hydroxyl groups is 1. The number of aliphatic hydroxyl groups excluding tert-OH is 1. The van der Waals surface area contributed by atoms with E-state index in [4.69, 9.17) is 23.2 Å². The molecule has 110 valence electrons. The van der Waals surface area contributed by atoms with Gasteiger partial charge in [0.15, 0.2) is 0 Å². The fourth-order valence-electron chi connectivity index (χ4n) is 3.98. The van der Waals surface area contributed by atoms with E-state index in [1.807, 2.05) is 12.1 Å². The topological polar surface area (TPSA) is 32.3 Å². The lowest BCUT2D eigenvalue weighted by Crippen LogP contribution is -2.41. The maximum absolute atomic E-state index is 9.87. The second kappa shape index (κ2) is 5.84. The maximum Gasteiger partial charge on any atom is 0.0595 e. The van der Waals surface area contributed by atoms with Gasteiger partial charge in [-0.25, -0.2) is 0 Å². The summed E-state index contributed by atoms with van der Waals surface area (Å²) in [6.07, 6.45) is 4.92. The molecule has 0 aromatic heterocycles. The van der Waals surface area contributed by atoms with E-state index < -0.39 is 0 Å². The Hall–Kier alpha value is -0.280. The van der Waals surface area contributed by atoms with Crippen LogP contribution in [-0.2, 0) is 5.41 Å². The van der Waals surface area contributed by atoms with Crippen LogP contribution in [0.4, 0.5) is 0 Å². The maximum atomic E-state index is 9.87. The zero-order chi connectivity index (χ0) is 14.2. The predicted molar refractivity (Wildman–Crippen MR) is 83.6 cm³/mol. The molecular weight excluding hydrogens is 293 g/mol. The van der Waals surface area contributed by atoms with Gasteiger partial charge in [0.1, 0.15) is 0 Å². The number of nitrogens with one attached hydrogen (secondary N) is 1. The standard InChI is InChI=1S/C16H21Cl2NO/c17-14-2-1-11(9-15(14)18)16(12-5-8-19-10-12)6-3-13(20)4-7-16/h1-2,9,12-13,19-20H,3-8,10H2/t12-,13-,16+/m1/s1. The van der Waals surface area contributed by atoms with Crippen molar-refractivity contribution in [2.45, 2.75) is 43.6 Å². The molecule has 1 heterocycles. The summed E-state index contributed by atoms with van der Waals surface area (Å²) in [4.78, 5) is 0.